The van der Waals surface area contributed by atoms with Crippen molar-refractivity contribution in [1.82, 2.24) is 9.88 Å². The molecule has 6 nitrogen and oxygen atoms in total. The number of sulfone groups is 1. The summed E-state index contributed by atoms with van der Waals surface area (Å²) in [6.45, 7) is 3.24. The number of fused-ring (bicyclic) bond motifs is 1. The molecule has 1 aromatic heterocycles. The van der Waals surface area contributed by atoms with Crippen LogP contribution in [0.4, 0.5) is 11.5 Å². The van der Waals surface area contributed by atoms with E-state index in [0.717, 1.165) is 24.5 Å². The summed E-state index contributed by atoms with van der Waals surface area (Å²) < 4.78 is 23.5. The first-order chi connectivity index (χ1) is 13.0. The van der Waals surface area contributed by atoms with Crippen LogP contribution >= 0.6 is 0 Å². The molecule has 142 valence electrons. The van der Waals surface area contributed by atoms with Crippen molar-refractivity contribution in [1.29, 1.82) is 0 Å². The van der Waals surface area contributed by atoms with Crippen molar-refractivity contribution in [2.24, 2.45) is 0 Å². The SMILES string of the molecule is CCN(C(=O)c1ccc(N2CCc3ccccc32)nc1)C1CCS(=O)(=O)C1. The van der Waals surface area contributed by atoms with E-state index in [9.17, 15) is 13.2 Å². The van der Waals surface area contributed by atoms with E-state index in [1.54, 1.807) is 17.2 Å². The molecule has 0 bridgehead atoms. The molecule has 2 aromatic rings. The first-order valence-electron chi connectivity index (χ1n) is 9.31. The van der Waals surface area contributed by atoms with Crippen LogP contribution in [0.1, 0.15) is 29.3 Å². The number of hydrogen-bond donors (Lipinski definition) is 0. The summed E-state index contributed by atoms with van der Waals surface area (Å²) in [4.78, 5) is 21.2. The van der Waals surface area contributed by atoms with Crippen LogP contribution in [0.25, 0.3) is 0 Å². The first-order valence-corrected chi connectivity index (χ1v) is 11.1. The Morgan fingerprint density at radius 2 is 2.07 bits per heavy atom. The smallest absolute Gasteiger partial charge is 0.255 e. The van der Waals surface area contributed by atoms with Crippen LogP contribution in [0.5, 0.6) is 0 Å². The fourth-order valence-corrected chi connectivity index (χ4v) is 5.73. The first kappa shape index (κ1) is 18.0. The molecule has 27 heavy (non-hydrogen) atoms. The predicted molar refractivity (Wildman–Crippen MR) is 105 cm³/mol. The number of nitrogens with zero attached hydrogens (tertiary/aromatic N) is 3. The highest BCUT2D eigenvalue weighted by Gasteiger charge is 2.34. The minimum atomic E-state index is -3.03. The molecule has 1 atom stereocenters. The van der Waals surface area contributed by atoms with Gasteiger partial charge in [-0.2, -0.15) is 0 Å². The van der Waals surface area contributed by atoms with Crippen molar-refractivity contribution in [2.75, 3.05) is 29.5 Å². The third-order valence-corrected chi connectivity index (χ3v) is 7.16. The third kappa shape index (κ3) is 3.43. The third-order valence-electron chi connectivity index (χ3n) is 5.41. The van der Waals surface area contributed by atoms with Gasteiger partial charge in [-0.25, -0.2) is 13.4 Å². The number of hydrogen-bond acceptors (Lipinski definition) is 5. The lowest BCUT2D eigenvalue weighted by atomic mass is 10.1. The average molecular weight is 385 g/mol. The number of amides is 1. The summed E-state index contributed by atoms with van der Waals surface area (Å²) >= 11 is 0. The maximum Gasteiger partial charge on any atom is 0.255 e. The van der Waals surface area contributed by atoms with Gasteiger partial charge in [0.2, 0.25) is 0 Å². The van der Waals surface area contributed by atoms with Gasteiger partial charge in [-0.15, -0.1) is 0 Å². The fourth-order valence-electron chi connectivity index (χ4n) is 4.00. The van der Waals surface area contributed by atoms with Crippen LogP contribution in [0, 0.1) is 0 Å². The fraction of sp³-hybridized carbons (Fsp3) is 0.400. The van der Waals surface area contributed by atoms with Crippen molar-refractivity contribution in [3.8, 4) is 0 Å². The molecular formula is C20H23N3O3S. The molecule has 0 aliphatic carbocycles. The van der Waals surface area contributed by atoms with Gasteiger partial charge in [0.05, 0.1) is 17.1 Å². The summed E-state index contributed by atoms with van der Waals surface area (Å²) in [6.07, 6.45) is 3.10. The highest BCUT2D eigenvalue weighted by molar-refractivity contribution is 7.91. The van der Waals surface area contributed by atoms with E-state index in [-0.39, 0.29) is 23.5 Å². The van der Waals surface area contributed by atoms with Crippen molar-refractivity contribution in [3.05, 3.63) is 53.7 Å². The second kappa shape index (κ2) is 6.96. The molecule has 3 heterocycles. The summed E-state index contributed by atoms with van der Waals surface area (Å²) in [5.74, 6) is 0.888. The second-order valence-electron chi connectivity index (χ2n) is 7.08. The summed E-state index contributed by atoms with van der Waals surface area (Å²) in [6, 6.07) is 11.7. The van der Waals surface area contributed by atoms with Crippen LogP contribution in [0.2, 0.25) is 0 Å². The number of carbonyl (C=O) groups excluding carboxylic acids is 1. The topological polar surface area (TPSA) is 70.6 Å². The summed E-state index contributed by atoms with van der Waals surface area (Å²) in [5.41, 5.74) is 2.96. The maximum absolute atomic E-state index is 12.9. The van der Waals surface area contributed by atoms with Crippen LogP contribution < -0.4 is 4.90 Å². The van der Waals surface area contributed by atoms with E-state index < -0.39 is 9.84 Å². The zero-order valence-corrected chi connectivity index (χ0v) is 16.2. The Hall–Kier alpha value is -2.41. The molecule has 0 saturated carbocycles. The zero-order chi connectivity index (χ0) is 19.0. The Kier molecular flexibility index (Phi) is 4.63. The Morgan fingerprint density at radius 3 is 2.74 bits per heavy atom. The lowest BCUT2D eigenvalue weighted by molar-refractivity contribution is 0.0708. The Morgan fingerprint density at radius 1 is 1.26 bits per heavy atom. The maximum atomic E-state index is 12.9. The number of rotatable bonds is 4. The van der Waals surface area contributed by atoms with Crippen LogP contribution in [0.15, 0.2) is 42.6 Å². The molecule has 1 aromatic carbocycles. The molecule has 7 heteroatoms. The molecule has 2 aliphatic rings. The van der Waals surface area contributed by atoms with Crippen molar-refractivity contribution in [3.63, 3.8) is 0 Å². The van der Waals surface area contributed by atoms with E-state index in [4.69, 9.17) is 0 Å². The zero-order valence-electron chi connectivity index (χ0n) is 15.3. The Bertz CT molecular complexity index is 957. The van der Waals surface area contributed by atoms with Crippen LogP contribution in [-0.2, 0) is 16.3 Å². The Labute approximate surface area is 159 Å². The van der Waals surface area contributed by atoms with Gasteiger partial charge in [-0.3, -0.25) is 4.79 Å². The summed E-state index contributed by atoms with van der Waals surface area (Å²) in [5, 5.41) is 0. The molecule has 1 fully saturated rings. The molecule has 0 spiro atoms. The molecule has 2 aliphatic heterocycles. The lowest BCUT2D eigenvalue weighted by Crippen LogP contribution is -2.41. The molecule has 1 unspecified atom stereocenters. The summed E-state index contributed by atoms with van der Waals surface area (Å²) in [7, 11) is -3.03. The predicted octanol–water partition coefficient (Wildman–Crippen LogP) is 2.43. The van der Waals surface area contributed by atoms with Gasteiger partial charge in [-0.05, 0) is 43.5 Å². The minimum Gasteiger partial charge on any atom is -0.335 e. The van der Waals surface area contributed by atoms with E-state index in [1.165, 1.54) is 5.56 Å². The number of pyridine rings is 1. The van der Waals surface area contributed by atoms with E-state index in [1.807, 2.05) is 25.1 Å². The highest BCUT2D eigenvalue weighted by atomic mass is 32.2. The molecule has 1 amide bonds. The number of benzene rings is 1. The van der Waals surface area contributed by atoms with E-state index in [2.05, 4.69) is 22.0 Å². The minimum absolute atomic E-state index is 0.0582. The van der Waals surface area contributed by atoms with Gasteiger partial charge in [0.1, 0.15) is 5.82 Å². The quantitative estimate of drug-likeness (QED) is 0.808. The van der Waals surface area contributed by atoms with E-state index in [0.29, 0.717) is 18.5 Å². The van der Waals surface area contributed by atoms with Gasteiger partial charge in [0.15, 0.2) is 9.84 Å². The highest BCUT2D eigenvalue weighted by Crippen LogP contribution is 2.33. The van der Waals surface area contributed by atoms with Crippen molar-refractivity contribution >= 4 is 27.2 Å². The molecule has 0 N–H and O–H groups in total. The van der Waals surface area contributed by atoms with Crippen molar-refractivity contribution in [2.45, 2.75) is 25.8 Å². The van der Waals surface area contributed by atoms with Crippen LogP contribution in [-0.4, -0.2) is 54.8 Å². The monoisotopic (exact) mass is 385 g/mol. The molecule has 1 saturated heterocycles. The number of carbonyl (C=O) groups is 1. The Balaban J connectivity index is 1.53. The lowest BCUT2D eigenvalue weighted by Gasteiger charge is -2.27. The second-order valence-corrected chi connectivity index (χ2v) is 9.31. The standard InChI is InChI=1S/C20H23N3O3S/c1-2-22(17-10-12-27(25,26)14-17)20(24)16-7-8-19(21-13-16)23-11-9-15-5-3-4-6-18(15)23/h3-8,13,17H,2,9-12,14H2,1H3. The molecule has 4 rings (SSSR count). The number of para-hydroxylation sites is 1. The number of aromatic nitrogens is 1. The molecule has 0 radical (unpaired) electrons. The average Bonchev–Trinajstić information content (AvgIpc) is 3.25. The van der Waals surface area contributed by atoms with Crippen molar-refractivity contribution < 1.29 is 13.2 Å². The van der Waals surface area contributed by atoms with Gasteiger partial charge in [0.25, 0.3) is 5.91 Å². The normalized spacial score (nSPS) is 20.5. The largest absolute Gasteiger partial charge is 0.335 e. The van der Waals surface area contributed by atoms with E-state index >= 15 is 0 Å². The van der Waals surface area contributed by atoms with Crippen LogP contribution in [0.3, 0.4) is 0 Å². The van der Waals surface area contributed by atoms with Gasteiger partial charge in [-0.1, -0.05) is 18.2 Å². The number of anilines is 2. The van der Waals surface area contributed by atoms with Gasteiger partial charge in [0, 0.05) is 31.0 Å². The van der Waals surface area contributed by atoms with Gasteiger partial charge < -0.3 is 9.80 Å². The molecular weight excluding hydrogens is 362 g/mol. The van der Waals surface area contributed by atoms with Gasteiger partial charge >= 0.3 is 0 Å².